The normalized spacial score (nSPS) is 10.9. The minimum absolute atomic E-state index is 0.341. The maximum atomic E-state index is 10.7. The largest absolute Gasteiger partial charge is 0.478 e. The molecule has 0 unspecified atom stereocenters. The Balaban J connectivity index is 3.27. The predicted octanol–water partition coefficient (Wildman–Crippen LogP) is -0.0484. The highest BCUT2D eigenvalue weighted by atomic mass is 16.6. The van der Waals surface area contributed by atoms with Gasteiger partial charge in [0.25, 0.3) is 11.3 Å². The zero-order valence-electron chi connectivity index (χ0n) is 8.23. The Bertz CT molecular complexity index is 465. The molecule has 0 amide bonds. The van der Waals surface area contributed by atoms with Crippen LogP contribution in [0.1, 0.15) is 5.56 Å². The lowest BCUT2D eigenvalue weighted by Crippen LogP contribution is -2.43. The Hall–Kier alpha value is -2.48. The van der Waals surface area contributed by atoms with Gasteiger partial charge in [-0.1, -0.05) is 0 Å². The van der Waals surface area contributed by atoms with Gasteiger partial charge in [0.05, 0.1) is 4.92 Å². The standard InChI is InChI=1S/C9H7NO7/c11-7(12)9(15,8(13)14)5-1-3-6(4-2-5)10(16)17/h1-4,15H,(H,11,12)(H,13,14). The monoisotopic (exact) mass is 241 g/mol. The van der Waals surface area contributed by atoms with E-state index in [0.29, 0.717) is 0 Å². The second-order valence-electron chi connectivity index (χ2n) is 3.12. The summed E-state index contributed by atoms with van der Waals surface area (Å²) >= 11 is 0. The number of nitrogens with zero attached hydrogens (tertiary/aromatic N) is 1. The van der Waals surface area contributed by atoms with Gasteiger partial charge in [0.15, 0.2) is 0 Å². The Morgan fingerprint density at radius 1 is 1.12 bits per heavy atom. The molecule has 0 radical (unpaired) electrons. The number of nitro benzene ring substituents is 1. The minimum atomic E-state index is -3.12. The van der Waals surface area contributed by atoms with Crippen molar-refractivity contribution in [2.45, 2.75) is 5.60 Å². The number of carboxylic acid groups (broad SMARTS) is 2. The quantitative estimate of drug-likeness (QED) is 0.381. The molecule has 0 aliphatic heterocycles. The highest BCUT2D eigenvalue weighted by Crippen LogP contribution is 2.24. The van der Waals surface area contributed by atoms with E-state index in [0.717, 1.165) is 24.3 Å². The van der Waals surface area contributed by atoms with E-state index in [2.05, 4.69) is 0 Å². The third-order valence-corrected chi connectivity index (χ3v) is 2.11. The number of nitro groups is 1. The first kappa shape index (κ1) is 12.6. The molecule has 0 saturated heterocycles. The number of hydrogen-bond donors (Lipinski definition) is 3. The van der Waals surface area contributed by atoms with Crippen LogP contribution < -0.4 is 0 Å². The fraction of sp³-hybridized carbons (Fsp3) is 0.111. The first-order valence-corrected chi connectivity index (χ1v) is 4.24. The molecule has 0 bridgehead atoms. The van der Waals surface area contributed by atoms with Crippen molar-refractivity contribution in [2.75, 3.05) is 0 Å². The van der Waals surface area contributed by atoms with Crippen molar-refractivity contribution in [3.05, 3.63) is 39.9 Å². The lowest BCUT2D eigenvalue weighted by Gasteiger charge is -2.18. The molecule has 0 spiro atoms. The van der Waals surface area contributed by atoms with Crippen LogP contribution in [0.15, 0.2) is 24.3 Å². The van der Waals surface area contributed by atoms with Crippen LogP contribution >= 0.6 is 0 Å². The molecule has 8 nitrogen and oxygen atoms in total. The minimum Gasteiger partial charge on any atom is -0.478 e. The zero-order chi connectivity index (χ0) is 13.2. The summed E-state index contributed by atoms with van der Waals surface area (Å²) in [4.78, 5) is 31.0. The Morgan fingerprint density at radius 3 is 1.82 bits per heavy atom. The smallest absolute Gasteiger partial charge is 0.352 e. The SMILES string of the molecule is O=C(O)C(O)(C(=O)O)c1ccc([N+](=O)[O-])cc1. The maximum absolute atomic E-state index is 10.7. The molecule has 0 aliphatic carbocycles. The van der Waals surface area contributed by atoms with Crippen LogP contribution in [0.4, 0.5) is 5.69 Å². The molecule has 17 heavy (non-hydrogen) atoms. The fourth-order valence-electron chi connectivity index (χ4n) is 1.16. The molecule has 0 fully saturated rings. The second-order valence-corrected chi connectivity index (χ2v) is 3.12. The topological polar surface area (TPSA) is 138 Å². The zero-order valence-corrected chi connectivity index (χ0v) is 8.23. The average molecular weight is 241 g/mol. The lowest BCUT2D eigenvalue weighted by atomic mass is 9.94. The lowest BCUT2D eigenvalue weighted by molar-refractivity contribution is -0.384. The first-order chi connectivity index (χ1) is 7.80. The van der Waals surface area contributed by atoms with E-state index in [-0.39, 0.29) is 5.69 Å². The number of hydrogen-bond acceptors (Lipinski definition) is 5. The summed E-state index contributed by atoms with van der Waals surface area (Å²) in [6, 6.07) is 3.57. The molecular weight excluding hydrogens is 234 g/mol. The number of benzene rings is 1. The van der Waals surface area contributed by atoms with E-state index >= 15 is 0 Å². The molecule has 0 atom stereocenters. The summed E-state index contributed by atoms with van der Waals surface area (Å²) in [5.41, 5.74) is -3.93. The van der Waals surface area contributed by atoms with E-state index in [1.54, 1.807) is 0 Å². The summed E-state index contributed by atoms with van der Waals surface area (Å²) in [6.07, 6.45) is 0. The highest BCUT2D eigenvalue weighted by molar-refractivity contribution is 6.02. The van der Waals surface area contributed by atoms with Crippen molar-refractivity contribution in [1.82, 2.24) is 0 Å². The van der Waals surface area contributed by atoms with E-state index in [1.807, 2.05) is 0 Å². The van der Waals surface area contributed by atoms with Crippen LogP contribution in [0.3, 0.4) is 0 Å². The summed E-state index contributed by atoms with van der Waals surface area (Å²) < 4.78 is 0. The molecule has 0 heterocycles. The van der Waals surface area contributed by atoms with E-state index in [9.17, 15) is 24.8 Å². The molecule has 8 heteroatoms. The Kier molecular flexibility index (Phi) is 3.09. The molecule has 0 saturated carbocycles. The van der Waals surface area contributed by atoms with Gasteiger partial charge in [0.1, 0.15) is 0 Å². The summed E-state index contributed by atoms with van der Waals surface area (Å²) in [7, 11) is 0. The van der Waals surface area contributed by atoms with Gasteiger partial charge in [0.2, 0.25) is 0 Å². The number of non-ortho nitro benzene ring substituents is 1. The van der Waals surface area contributed by atoms with Gasteiger partial charge in [-0.3, -0.25) is 10.1 Å². The van der Waals surface area contributed by atoms with Crippen molar-refractivity contribution in [3.8, 4) is 0 Å². The maximum Gasteiger partial charge on any atom is 0.352 e. The van der Waals surface area contributed by atoms with Gasteiger partial charge >= 0.3 is 11.9 Å². The molecule has 3 N–H and O–H groups in total. The van der Waals surface area contributed by atoms with E-state index in [1.165, 1.54) is 0 Å². The van der Waals surface area contributed by atoms with Gasteiger partial charge in [-0.2, -0.15) is 0 Å². The van der Waals surface area contributed by atoms with Crippen LogP contribution in [0.5, 0.6) is 0 Å². The van der Waals surface area contributed by atoms with Gasteiger partial charge in [-0.05, 0) is 12.1 Å². The van der Waals surface area contributed by atoms with Gasteiger partial charge < -0.3 is 15.3 Å². The molecule has 0 aromatic heterocycles. The van der Waals surface area contributed by atoms with Crippen LogP contribution in [0.2, 0.25) is 0 Å². The molecular formula is C9H7NO7. The van der Waals surface area contributed by atoms with Crippen molar-refractivity contribution in [1.29, 1.82) is 0 Å². The summed E-state index contributed by atoms with van der Waals surface area (Å²) in [6.45, 7) is 0. The van der Waals surface area contributed by atoms with E-state index in [4.69, 9.17) is 10.2 Å². The van der Waals surface area contributed by atoms with Gasteiger partial charge in [0, 0.05) is 17.7 Å². The van der Waals surface area contributed by atoms with Crippen LogP contribution in [0, 0.1) is 10.1 Å². The summed E-state index contributed by atoms with van der Waals surface area (Å²) in [5, 5.41) is 37.2. The fourth-order valence-corrected chi connectivity index (χ4v) is 1.16. The number of aliphatic hydroxyl groups is 1. The Labute approximate surface area is 93.9 Å². The van der Waals surface area contributed by atoms with Crippen LogP contribution in [-0.2, 0) is 15.2 Å². The third kappa shape index (κ3) is 2.06. The number of carbonyl (C=O) groups is 2. The van der Waals surface area contributed by atoms with Gasteiger partial charge in [-0.15, -0.1) is 0 Å². The third-order valence-electron chi connectivity index (χ3n) is 2.11. The molecule has 90 valence electrons. The second kappa shape index (κ2) is 4.18. The average Bonchev–Trinajstić information content (AvgIpc) is 2.27. The molecule has 1 aromatic carbocycles. The number of carboxylic acids is 2. The van der Waals surface area contributed by atoms with Crippen molar-refractivity contribution in [2.24, 2.45) is 0 Å². The molecule has 1 rings (SSSR count). The van der Waals surface area contributed by atoms with Crippen LogP contribution in [-0.4, -0.2) is 32.2 Å². The predicted molar refractivity (Wildman–Crippen MR) is 52.3 cm³/mol. The van der Waals surface area contributed by atoms with Crippen LogP contribution in [0.25, 0.3) is 0 Å². The van der Waals surface area contributed by atoms with Crippen molar-refractivity contribution in [3.63, 3.8) is 0 Å². The van der Waals surface area contributed by atoms with Gasteiger partial charge in [-0.25, -0.2) is 9.59 Å². The first-order valence-electron chi connectivity index (χ1n) is 4.24. The van der Waals surface area contributed by atoms with Crippen molar-refractivity contribution >= 4 is 17.6 Å². The Morgan fingerprint density at radius 2 is 1.53 bits per heavy atom. The summed E-state index contributed by atoms with van der Waals surface area (Å²) in [5.74, 6) is -3.95. The highest BCUT2D eigenvalue weighted by Gasteiger charge is 2.46. The van der Waals surface area contributed by atoms with E-state index < -0.39 is 28.0 Å². The number of aliphatic carboxylic acids is 2. The molecule has 0 aliphatic rings. The molecule has 1 aromatic rings. The van der Waals surface area contributed by atoms with Crippen molar-refractivity contribution < 1.29 is 29.8 Å². The number of rotatable bonds is 4.